The number of carboxylic acid groups (broad SMARTS) is 1. The Morgan fingerprint density at radius 1 is 0.574 bits per heavy atom. The van der Waals surface area contributed by atoms with Crippen molar-refractivity contribution in [2.45, 2.75) is 266 Å². The maximum Gasteiger partial charge on any atom is 0.331 e. The van der Waals surface area contributed by atoms with Crippen LogP contribution in [-0.4, -0.2) is 304 Å². The van der Waals surface area contributed by atoms with Gasteiger partial charge in [-0.25, -0.2) is 4.79 Å². The number of methoxy groups -OCH3 is 1. The van der Waals surface area contributed by atoms with Gasteiger partial charge in [-0.15, -0.1) is 0 Å². The first-order chi connectivity index (χ1) is 47.5. The van der Waals surface area contributed by atoms with Gasteiger partial charge in [-0.3, -0.25) is 9.59 Å². The molecule has 1 aromatic rings. The van der Waals surface area contributed by atoms with E-state index in [4.69, 9.17) is 56.8 Å². The highest BCUT2D eigenvalue weighted by atomic mass is 16.8. The average molecular weight is 1440 g/mol. The predicted molar refractivity (Wildman–Crippen MR) is 339 cm³/mol. The Hall–Kier alpha value is -4.09. The summed E-state index contributed by atoms with van der Waals surface area (Å²) in [5.41, 5.74) is -6.55. The molecule has 5 saturated heterocycles. The third-order valence-corrected chi connectivity index (χ3v) is 24.8. The summed E-state index contributed by atoms with van der Waals surface area (Å²) in [4.78, 5) is 44.5. The average Bonchev–Trinajstić information content (AvgIpc) is 0.667. The number of carbonyl (C=O) groups is 3. The van der Waals surface area contributed by atoms with E-state index < -0.39 is 260 Å². The van der Waals surface area contributed by atoms with E-state index in [0.29, 0.717) is 16.9 Å². The number of aliphatic carboxylic acids is 1. The summed E-state index contributed by atoms with van der Waals surface area (Å²) in [7, 11) is 1.47. The SMILES string of the molecule is COc1ccc(/C=C\C(=O)O[C@@H]2[C@H](O[C@@H]3O[C@H](CO)[C@@H](O)[C@H](O)[C@H]3O)[C@@H](O[C@@H]3O[C@@H](C)[C@H](O[C@@H]4OC[C@@H](O)[C@H](O)[C@H]4O)[C@@H](O)[C@H]3O)[C@H](OC(=O)[C@@]34CC[C@]5(CO)C(=CC[C@@H]6[C@@]7(C)C[C@H](O)[C@H](O[C@@H]8O[C@H](CO)[C@@H](O)[C@H](O)[C@H]8O)[C@@](C)(C(=O)O)C7CC[C@]65C)[C@@H]3CC(C)(C)C[C@H]4O)O[C@@H]2C)cc1. The van der Waals surface area contributed by atoms with Crippen LogP contribution in [-0.2, 0) is 66.5 Å². The first kappa shape index (κ1) is 78.0. The molecule has 0 radical (unpaired) electrons. The lowest BCUT2D eigenvalue weighted by molar-refractivity contribution is -0.391. The highest BCUT2D eigenvalue weighted by molar-refractivity contribution is 5.87. The van der Waals surface area contributed by atoms with E-state index in [1.54, 1.807) is 24.3 Å². The molecule has 5 aliphatic carbocycles. The van der Waals surface area contributed by atoms with Gasteiger partial charge in [0.05, 0.1) is 63.4 Å². The second-order valence-electron chi connectivity index (χ2n) is 31.1. The quantitative estimate of drug-likeness (QED) is 0.0297. The van der Waals surface area contributed by atoms with E-state index in [2.05, 4.69) is 0 Å². The minimum atomic E-state index is -2.17. The molecule has 11 rings (SSSR count). The summed E-state index contributed by atoms with van der Waals surface area (Å²) in [5, 5.41) is 191. The number of carbonyl (C=O) groups excluding carboxylic acids is 2. The van der Waals surface area contributed by atoms with Crippen LogP contribution in [0.25, 0.3) is 6.08 Å². The summed E-state index contributed by atoms with van der Waals surface area (Å²) in [6, 6.07) is 6.57. The van der Waals surface area contributed by atoms with Gasteiger partial charge in [-0.1, -0.05) is 51.5 Å². The molecule has 0 amide bonds. The Morgan fingerprint density at radius 3 is 1.74 bits per heavy atom. The van der Waals surface area contributed by atoms with Crippen molar-refractivity contribution in [3.8, 4) is 5.75 Å². The van der Waals surface area contributed by atoms with Gasteiger partial charge in [0.25, 0.3) is 0 Å². The molecule has 32 nitrogen and oxygen atoms in total. The van der Waals surface area contributed by atoms with Gasteiger partial charge in [-0.05, 0) is 130 Å². The molecular weight excluding hydrogens is 1340 g/mol. The first-order valence-electron chi connectivity index (χ1n) is 34.7. The number of hydrogen-bond acceptors (Lipinski definition) is 31. The van der Waals surface area contributed by atoms with E-state index in [0.717, 1.165) is 6.08 Å². The third kappa shape index (κ3) is 13.4. The molecule has 10 aliphatic rings. The number of fused-ring (bicyclic) bond motifs is 7. The zero-order valence-electron chi connectivity index (χ0n) is 57.6. The van der Waals surface area contributed by atoms with Crippen LogP contribution in [0.15, 0.2) is 42.0 Å². The van der Waals surface area contributed by atoms with Gasteiger partial charge in [0.15, 0.2) is 37.4 Å². The minimum Gasteiger partial charge on any atom is -0.497 e. The van der Waals surface area contributed by atoms with E-state index in [-0.39, 0.29) is 51.4 Å². The molecule has 0 spiro atoms. The van der Waals surface area contributed by atoms with Crippen molar-refractivity contribution in [1.82, 2.24) is 0 Å². The van der Waals surface area contributed by atoms with Crippen LogP contribution in [0.1, 0.15) is 105 Å². The van der Waals surface area contributed by atoms with E-state index >= 15 is 4.79 Å². The van der Waals surface area contributed by atoms with Crippen LogP contribution < -0.4 is 4.74 Å². The molecule has 4 saturated carbocycles. The normalized spacial score (nSPS) is 49.8. The number of allylic oxidation sites excluding steroid dienone is 1. The summed E-state index contributed by atoms with van der Waals surface area (Å²) in [6.07, 6.45) is -43.0. The monoisotopic (exact) mass is 1440 g/mol. The van der Waals surface area contributed by atoms with E-state index in [9.17, 15) is 96.4 Å². The van der Waals surface area contributed by atoms with Crippen molar-refractivity contribution in [2.24, 2.45) is 50.2 Å². The van der Waals surface area contributed by atoms with Crippen LogP contribution in [0.5, 0.6) is 5.75 Å². The van der Waals surface area contributed by atoms with Gasteiger partial charge in [-0.2, -0.15) is 0 Å². The summed E-state index contributed by atoms with van der Waals surface area (Å²) >= 11 is 0. The third-order valence-electron chi connectivity index (χ3n) is 24.8. The van der Waals surface area contributed by atoms with Crippen LogP contribution in [0.3, 0.4) is 0 Å². The number of hydrogen-bond donors (Lipinski definition) is 17. The predicted octanol–water partition coefficient (Wildman–Crippen LogP) is -3.27. The Bertz CT molecular complexity index is 3140. The first-order valence-corrected chi connectivity index (χ1v) is 34.7. The number of carboxylic acids is 1. The van der Waals surface area contributed by atoms with Crippen LogP contribution in [0.4, 0.5) is 0 Å². The lowest BCUT2D eigenvalue weighted by atomic mass is 9.33. The minimum absolute atomic E-state index is 0.0180. The fourth-order valence-electron chi connectivity index (χ4n) is 19.2. The highest BCUT2D eigenvalue weighted by Crippen LogP contribution is 2.76. The smallest absolute Gasteiger partial charge is 0.331 e. The molecule has 35 atom stereocenters. The summed E-state index contributed by atoms with van der Waals surface area (Å²) in [6.45, 7) is 9.28. The number of aliphatic hydroxyl groups is 16. The number of benzene rings is 1. The molecule has 1 aromatic carbocycles. The van der Waals surface area contributed by atoms with Gasteiger partial charge >= 0.3 is 17.9 Å². The maximum absolute atomic E-state index is 16.3. The van der Waals surface area contributed by atoms with Crippen molar-refractivity contribution in [3.05, 3.63) is 47.6 Å². The van der Waals surface area contributed by atoms with Crippen molar-refractivity contribution >= 4 is 24.0 Å². The molecule has 5 heterocycles. The maximum atomic E-state index is 16.3. The molecule has 570 valence electrons. The number of rotatable bonds is 18. The van der Waals surface area contributed by atoms with Gasteiger partial charge in [0.2, 0.25) is 6.29 Å². The van der Waals surface area contributed by atoms with Gasteiger partial charge in [0.1, 0.15) is 109 Å². The standard InChI is InChI=1S/C69H102O32/c1-28-52(97-57-48(83)42(77)35(74)26-91-57)47(82)51(86)58(92-28)99-55-54(98-59-49(84)45(80)43(78)36(24-70)94-59)53(96-41(76)16-11-30-9-12-31(90-8)13-10-30)29(2)93-61(55)101-63(89)69-20-19-68(27-72)32(33(69)21-64(3,4)23-40(69)75)14-15-38-65(5)22-34(73)56(67(7,62(87)88)39(65)17-18-66(38,68)6)100-60-50(85)46(81)44(79)37(25-71)95-60/h9-14,16,28-29,33-40,42-61,70-75,77-86H,15,17-27H2,1-8H3,(H,87,88)/b16-11-/t28-,29+,33-,34-,35+,36+,37+,38+,39?,40+,42-,43+,44+,45-,46-,47-,48+,49+,50+,51+,52-,53-,54-,55+,56-,57-,58-,59-,60-,61-,65+,66+,67-,68-,69-/m0/s1. The molecule has 1 unspecified atom stereocenters. The molecule has 101 heavy (non-hydrogen) atoms. The highest BCUT2D eigenvalue weighted by Gasteiger charge is 2.75. The zero-order valence-corrected chi connectivity index (χ0v) is 57.6. The second kappa shape index (κ2) is 29.6. The largest absolute Gasteiger partial charge is 0.497 e. The Kier molecular flexibility index (Phi) is 22.8. The number of aliphatic hydroxyl groups excluding tert-OH is 16. The van der Waals surface area contributed by atoms with Crippen molar-refractivity contribution in [3.63, 3.8) is 0 Å². The molecule has 0 aromatic heterocycles. The van der Waals surface area contributed by atoms with E-state index in [1.165, 1.54) is 34.0 Å². The van der Waals surface area contributed by atoms with Crippen molar-refractivity contribution in [2.75, 3.05) is 33.5 Å². The summed E-state index contributed by atoms with van der Waals surface area (Å²) in [5.74, 6) is -5.12. The van der Waals surface area contributed by atoms with E-state index in [1.807, 2.05) is 33.8 Å². The lowest BCUT2D eigenvalue weighted by Gasteiger charge is -2.71. The lowest BCUT2D eigenvalue weighted by Crippen LogP contribution is -2.71. The fourth-order valence-corrected chi connectivity index (χ4v) is 19.2. The fraction of sp³-hybridized carbons (Fsp3) is 0.812. The Labute approximate surface area is 582 Å². The Morgan fingerprint density at radius 2 is 1.14 bits per heavy atom. The molecule has 9 fully saturated rings. The molecule has 32 heteroatoms. The van der Waals surface area contributed by atoms with Gasteiger partial charge < -0.3 is 144 Å². The zero-order chi connectivity index (χ0) is 73.7. The van der Waals surface area contributed by atoms with Crippen LogP contribution >= 0.6 is 0 Å². The number of esters is 2. The second-order valence-corrected chi connectivity index (χ2v) is 31.1. The van der Waals surface area contributed by atoms with Crippen molar-refractivity contribution in [1.29, 1.82) is 0 Å². The van der Waals surface area contributed by atoms with Crippen LogP contribution in [0, 0.1) is 50.2 Å². The van der Waals surface area contributed by atoms with Crippen molar-refractivity contribution < 1.29 is 158 Å². The molecule has 5 aliphatic heterocycles. The Balaban J connectivity index is 0.952. The molecule has 0 bridgehead atoms. The molecular formula is C69H102O32. The number of ether oxygens (including phenoxy) is 12. The van der Waals surface area contributed by atoms with Crippen LogP contribution in [0.2, 0.25) is 0 Å². The summed E-state index contributed by atoms with van der Waals surface area (Å²) < 4.78 is 72.9. The molecule has 17 N–H and O–H groups in total. The van der Waals surface area contributed by atoms with Gasteiger partial charge in [0, 0.05) is 11.5 Å². The topological polar surface area (TPSA) is 506 Å².